The summed E-state index contributed by atoms with van der Waals surface area (Å²) in [6.07, 6.45) is 0. The maximum absolute atomic E-state index is 5.49. The molecule has 0 fully saturated rings. The van der Waals surface area contributed by atoms with Gasteiger partial charge in [0.05, 0.1) is 6.54 Å². The van der Waals surface area contributed by atoms with Crippen LogP contribution in [0.3, 0.4) is 0 Å². The zero-order chi connectivity index (χ0) is 13.3. The molecule has 0 aliphatic heterocycles. The molecule has 0 saturated heterocycles. The Kier molecular flexibility index (Phi) is 3.48. The summed E-state index contributed by atoms with van der Waals surface area (Å²) in [5.74, 6) is 1.57. The molecule has 0 aliphatic carbocycles. The van der Waals surface area contributed by atoms with E-state index in [1.54, 1.807) is 0 Å². The van der Waals surface area contributed by atoms with Gasteiger partial charge in [0, 0.05) is 5.56 Å². The summed E-state index contributed by atoms with van der Waals surface area (Å²) in [7, 11) is 0. The van der Waals surface area contributed by atoms with Crippen LogP contribution in [0.5, 0.6) is 0 Å². The first-order valence-corrected chi connectivity index (χ1v) is 6.17. The molecule has 0 radical (unpaired) electrons. The maximum atomic E-state index is 5.49. The summed E-state index contributed by atoms with van der Waals surface area (Å²) < 4.78 is 5.08. The number of rotatable bonds is 3. The van der Waals surface area contributed by atoms with Gasteiger partial charge in [-0.25, -0.2) is 0 Å². The molecule has 2 N–H and O–H groups in total. The number of nitrogens with two attached hydrogens (primary N) is 1. The van der Waals surface area contributed by atoms with Crippen LogP contribution in [0.2, 0.25) is 0 Å². The van der Waals surface area contributed by atoms with Gasteiger partial charge in [0.25, 0.3) is 0 Å². The van der Waals surface area contributed by atoms with E-state index in [-0.39, 0.29) is 6.54 Å². The number of hydrogen-bond acceptors (Lipinski definition) is 4. The van der Waals surface area contributed by atoms with Gasteiger partial charge in [0.2, 0.25) is 11.7 Å². The Labute approximate surface area is 107 Å². The smallest absolute Gasteiger partial charge is 0.240 e. The van der Waals surface area contributed by atoms with Crippen molar-refractivity contribution in [3.63, 3.8) is 0 Å². The molecule has 0 unspecified atom stereocenters. The fourth-order valence-electron chi connectivity index (χ4n) is 1.90. The van der Waals surface area contributed by atoms with Crippen molar-refractivity contribution >= 4 is 0 Å². The van der Waals surface area contributed by atoms with Crippen molar-refractivity contribution in [3.8, 4) is 11.4 Å². The highest BCUT2D eigenvalue weighted by Gasteiger charge is 2.13. The van der Waals surface area contributed by atoms with Crippen molar-refractivity contribution in [3.05, 3.63) is 34.7 Å². The minimum absolute atomic E-state index is 0.273. The first kappa shape index (κ1) is 12.8. The van der Waals surface area contributed by atoms with E-state index < -0.39 is 0 Å². The monoisotopic (exact) mass is 245 g/mol. The van der Waals surface area contributed by atoms with E-state index in [2.05, 4.69) is 50.0 Å². The van der Waals surface area contributed by atoms with E-state index >= 15 is 0 Å². The summed E-state index contributed by atoms with van der Waals surface area (Å²) in [6, 6.07) is 4.35. The molecule has 1 heterocycles. The molecule has 2 aromatic rings. The number of nitrogens with zero attached hydrogens (tertiary/aromatic N) is 2. The summed E-state index contributed by atoms with van der Waals surface area (Å²) in [5, 5.41) is 3.99. The topological polar surface area (TPSA) is 64.9 Å². The van der Waals surface area contributed by atoms with Crippen LogP contribution in [0.4, 0.5) is 0 Å². The minimum atomic E-state index is 0.273. The largest absolute Gasteiger partial charge is 0.338 e. The highest BCUT2D eigenvalue weighted by molar-refractivity contribution is 5.63. The molecule has 4 heteroatoms. The number of aryl methyl sites for hydroxylation is 1. The molecule has 0 aliphatic rings. The average Bonchev–Trinajstić information content (AvgIpc) is 2.80. The molecule has 4 nitrogen and oxygen atoms in total. The van der Waals surface area contributed by atoms with Gasteiger partial charge in [-0.15, -0.1) is 0 Å². The Hall–Kier alpha value is -1.68. The lowest BCUT2D eigenvalue weighted by molar-refractivity contribution is 0.380. The van der Waals surface area contributed by atoms with Crippen LogP contribution in [0, 0.1) is 13.8 Å². The zero-order valence-corrected chi connectivity index (χ0v) is 11.3. The van der Waals surface area contributed by atoms with Gasteiger partial charge in [0.15, 0.2) is 0 Å². The Morgan fingerprint density at radius 2 is 2.00 bits per heavy atom. The van der Waals surface area contributed by atoms with Crippen LogP contribution in [-0.2, 0) is 6.54 Å². The second kappa shape index (κ2) is 4.90. The van der Waals surface area contributed by atoms with Crippen LogP contribution in [0.15, 0.2) is 16.7 Å². The fraction of sp³-hybridized carbons (Fsp3) is 0.429. The highest BCUT2D eigenvalue weighted by Crippen LogP contribution is 2.28. The van der Waals surface area contributed by atoms with Crippen molar-refractivity contribution in [2.45, 2.75) is 40.2 Å². The average molecular weight is 245 g/mol. The molecule has 0 atom stereocenters. The summed E-state index contributed by atoms with van der Waals surface area (Å²) in [5.41, 5.74) is 10.2. The molecule has 0 amide bonds. The first-order valence-electron chi connectivity index (χ1n) is 6.17. The molecule has 1 aromatic heterocycles. The van der Waals surface area contributed by atoms with E-state index in [1.807, 2.05) is 0 Å². The molecule has 1 aromatic carbocycles. The normalized spacial score (nSPS) is 11.2. The summed E-state index contributed by atoms with van der Waals surface area (Å²) >= 11 is 0. The number of hydrogen-bond donors (Lipinski definition) is 1. The highest BCUT2D eigenvalue weighted by atomic mass is 16.5. The molecule has 18 heavy (non-hydrogen) atoms. The lowest BCUT2D eigenvalue weighted by atomic mass is 9.94. The number of aromatic nitrogens is 2. The Morgan fingerprint density at radius 3 is 2.56 bits per heavy atom. The third kappa shape index (κ3) is 2.29. The lowest BCUT2D eigenvalue weighted by Crippen LogP contribution is -1.97. The van der Waals surface area contributed by atoms with E-state index in [0.29, 0.717) is 17.6 Å². The fourth-order valence-corrected chi connectivity index (χ4v) is 1.90. The standard InChI is InChI=1S/C14H19N3O/c1-8(2)11-5-9(3)10(4)12(6-11)14-16-13(7-15)18-17-14/h5-6,8H,7,15H2,1-4H3. The third-order valence-electron chi connectivity index (χ3n) is 3.24. The summed E-state index contributed by atoms with van der Waals surface area (Å²) in [6.45, 7) is 8.81. The van der Waals surface area contributed by atoms with Gasteiger partial charge in [-0.3, -0.25) is 0 Å². The predicted octanol–water partition coefficient (Wildman–Crippen LogP) is 2.94. The molecule has 96 valence electrons. The SMILES string of the molecule is Cc1cc(C(C)C)cc(-c2noc(CN)n2)c1C. The minimum Gasteiger partial charge on any atom is -0.338 e. The van der Waals surface area contributed by atoms with Gasteiger partial charge in [-0.2, -0.15) is 4.98 Å². The molecule has 2 rings (SSSR count). The Morgan fingerprint density at radius 1 is 1.28 bits per heavy atom. The van der Waals surface area contributed by atoms with Crippen molar-refractivity contribution in [1.29, 1.82) is 0 Å². The van der Waals surface area contributed by atoms with Gasteiger partial charge >= 0.3 is 0 Å². The second-order valence-corrected chi connectivity index (χ2v) is 4.88. The zero-order valence-electron chi connectivity index (χ0n) is 11.3. The van der Waals surface area contributed by atoms with Crippen LogP contribution in [0.25, 0.3) is 11.4 Å². The van der Waals surface area contributed by atoms with Gasteiger partial charge in [-0.05, 0) is 42.5 Å². The van der Waals surface area contributed by atoms with Gasteiger partial charge < -0.3 is 10.3 Å². The first-order chi connectivity index (χ1) is 8.52. The van der Waals surface area contributed by atoms with E-state index in [4.69, 9.17) is 10.3 Å². The van der Waals surface area contributed by atoms with Crippen LogP contribution in [0.1, 0.15) is 42.3 Å². The van der Waals surface area contributed by atoms with Crippen molar-refractivity contribution in [2.24, 2.45) is 5.73 Å². The quantitative estimate of drug-likeness (QED) is 0.903. The van der Waals surface area contributed by atoms with E-state index in [1.165, 1.54) is 16.7 Å². The van der Waals surface area contributed by atoms with Crippen LogP contribution >= 0.6 is 0 Å². The Balaban J connectivity index is 2.55. The van der Waals surface area contributed by atoms with Crippen molar-refractivity contribution in [2.75, 3.05) is 0 Å². The third-order valence-corrected chi connectivity index (χ3v) is 3.24. The van der Waals surface area contributed by atoms with Crippen LogP contribution in [-0.4, -0.2) is 10.1 Å². The molecule has 0 saturated carbocycles. The van der Waals surface area contributed by atoms with Crippen LogP contribution < -0.4 is 5.73 Å². The molecule has 0 spiro atoms. The van der Waals surface area contributed by atoms with Crippen molar-refractivity contribution < 1.29 is 4.52 Å². The lowest BCUT2D eigenvalue weighted by Gasteiger charge is -2.12. The van der Waals surface area contributed by atoms with Gasteiger partial charge in [0.1, 0.15) is 0 Å². The van der Waals surface area contributed by atoms with Gasteiger partial charge in [-0.1, -0.05) is 25.1 Å². The van der Waals surface area contributed by atoms with Crippen molar-refractivity contribution in [1.82, 2.24) is 10.1 Å². The molecule has 0 bridgehead atoms. The second-order valence-electron chi connectivity index (χ2n) is 4.88. The van der Waals surface area contributed by atoms with E-state index in [9.17, 15) is 0 Å². The maximum Gasteiger partial charge on any atom is 0.240 e. The Bertz CT molecular complexity index is 558. The predicted molar refractivity (Wildman–Crippen MR) is 71.2 cm³/mol. The molecular formula is C14H19N3O. The van der Waals surface area contributed by atoms with E-state index in [0.717, 1.165) is 5.56 Å². The molecular weight excluding hydrogens is 226 g/mol. The summed E-state index contributed by atoms with van der Waals surface area (Å²) in [4.78, 5) is 4.30. The number of benzene rings is 1.